The van der Waals surface area contributed by atoms with Gasteiger partial charge < -0.3 is 11.1 Å². The molecule has 0 atom stereocenters. The lowest BCUT2D eigenvalue weighted by molar-refractivity contribution is -0.116. The molecule has 3 N–H and O–H groups in total. The number of aromatic nitrogens is 3. The van der Waals surface area contributed by atoms with Crippen LogP contribution in [0.1, 0.15) is 16.1 Å². The van der Waals surface area contributed by atoms with Gasteiger partial charge in [-0.1, -0.05) is 0 Å². The van der Waals surface area contributed by atoms with Gasteiger partial charge in [-0.05, 0) is 13.0 Å². The summed E-state index contributed by atoms with van der Waals surface area (Å²) in [5, 5.41) is 2.82. The average Bonchev–Trinajstić information content (AvgIpc) is 2.84. The second-order valence-corrected chi connectivity index (χ2v) is 5.05. The number of nitrogens with zero attached hydrogens (tertiary/aromatic N) is 3. The van der Waals surface area contributed by atoms with Crippen molar-refractivity contribution in [3.05, 3.63) is 40.1 Å². The first-order chi connectivity index (χ1) is 9.65. The molecule has 0 saturated carbocycles. The van der Waals surface area contributed by atoms with Crippen molar-refractivity contribution in [2.45, 2.75) is 13.3 Å². The Hall–Kier alpha value is -2.28. The molecule has 1 amide bonds. The molecule has 20 heavy (non-hydrogen) atoms. The van der Waals surface area contributed by atoms with Gasteiger partial charge in [0.15, 0.2) is 0 Å². The highest BCUT2D eigenvalue weighted by Crippen LogP contribution is 2.11. The molecular formula is C13H15N5OS. The van der Waals surface area contributed by atoms with Crippen LogP contribution >= 0.6 is 11.3 Å². The minimum absolute atomic E-state index is 0.149. The van der Waals surface area contributed by atoms with Crippen LogP contribution in [0.25, 0.3) is 6.08 Å². The normalized spacial score (nSPS) is 10.8. The lowest BCUT2D eigenvalue weighted by Gasteiger charge is -2.01. The van der Waals surface area contributed by atoms with Crippen LogP contribution in [-0.4, -0.2) is 27.4 Å². The highest BCUT2D eigenvalue weighted by Gasteiger charge is 2.01. The summed E-state index contributed by atoms with van der Waals surface area (Å²) in [6.07, 6.45) is 7.02. The number of nitrogen functional groups attached to an aromatic ring is 1. The molecule has 0 saturated heterocycles. The summed E-state index contributed by atoms with van der Waals surface area (Å²) < 4.78 is 0. The first kappa shape index (κ1) is 14.1. The zero-order chi connectivity index (χ0) is 14.4. The van der Waals surface area contributed by atoms with Crippen LogP contribution in [0.15, 0.2) is 24.0 Å². The Morgan fingerprint density at radius 1 is 1.40 bits per heavy atom. The van der Waals surface area contributed by atoms with E-state index in [4.69, 9.17) is 5.73 Å². The van der Waals surface area contributed by atoms with Crippen molar-refractivity contribution in [2.24, 2.45) is 0 Å². The number of anilines is 1. The number of rotatable bonds is 5. The summed E-state index contributed by atoms with van der Waals surface area (Å²) >= 11 is 1.60. The molecule has 0 aliphatic carbocycles. The molecule has 7 heteroatoms. The van der Waals surface area contributed by atoms with Gasteiger partial charge in [-0.15, -0.1) is 11.3 Å². The molecular weight excluding hydrogens is 274 g/mol. The maximum Gasteiger partial charge on any atom is 0.244 e. The molecule has 6 nitrogen and oxygen atoms in total. The van der Waals surface area contributed by atoms with E-state index in [-0.39, 0.29) is 11.9 Å². The van der Waals surface area contributed by atoms with Gasteiger partial charge in [0.1, 0.15) is 0 Å². The Kier molecular flexibility index (Phi) is 4.78. The summed E-state index contributed by atoms with van der Waals surface area (Å²) in [5.41, 5.74) is 8.95. The number of carbonyl (C=O) groups excluding carboxylic acids is 1. The number of hydrogen-bond acceptors (Lipinski definition) is 6. The first-order valence-corrected chi connectivity index (χ1v) is 6.95. The van der Waals surface area contributed by atoms with Crippen LogP contribution in [0.2, 0.25) is 0 Å². The third-order valence-corrected chi connectivity index (χ3v) is 3.61. The van der Waals surface area contributed by atoms with E-state index in [1.807, 2.05) is 12.4 Å². The number of aryl methyl sites for hydroxylation is 1. The lowest BCUT2D eigenvalue weighted by atomic mass is 10.3. The molecule has 104 valence electrons. The van der Waals surface area contributed by atoms with Crippen LogP contribution < -0.4 is 11.1 Å². The van der Waals surface area contributed by atoms with Gasteiger partial charge in [-0.2, -0.15) is 0 Å². The Labute approximate surface area is 120 Å². The number of amides is 1. The minimum Gasteiger partial charge on any atom is -0.368 e. The van der Waals surface area contributed by atoms with Crippen LogP contribution in [-0.2, 0) is 11.2 Å². The summed E-state index contributed by atoms with van der Waals surface area (Å²) in [7, 11) is 0. The van der Waals surface area contributed by atoms with Crippen molar-refractivity contribution in [3.63, 3.8) is 0 Å². The van der Waals surface area contributed by atoms with Crippen molar-refractivity contribution in [1.82, 2.24) is 20.3 Å². The fourth-order valence-electron chi connectivity index (χ4n) is 1.53. The van der Waals surface area contributed by atoms with Gasteiger partial charge in [0.2, 0.25) is 11.9 Å². The first-order valence-electron chi connectivity index (χ1n) is 6.07. The highest BCUT2D eigenvalue weighted by atomic mass is 32.1. The number of nitrogens with two attached hydrogens (primary N) is 1. The van der Waals surface area contributed by atoms with E-state index in [9.17, 15) is 4.79 Å². The molecule has 0 fully saturated rings. The zero-order valence-corrected chi connectivity index (χ0v) is 11.9. The van der Waals surface area contributed by atoms with E-state index < -0.39 is 0 Å². The smallest absolute Gasteiger partial charge is 0.244 e. The van der Waals surface area contributed by atoms with E-state index in [1.165, 1.54) is 11.0 Å². The molecule has 0 spiro atoms. The summed E-state index contributed by atoms with van der Waals surface area (Å²) in [4.78, 5) is 24.7. The van der Waals surface area contributed by atoms with E-state index >= 15 is 0 Å². The third-order valence-electron chi connectivity index (χ3n) is 2.62. The third kappa shape index (κ3) is 4.13. The van der Waals surface area contributed by atoms with Gasteiger partial charge in [0.05, 0.1) is 11.2 Å². The molecule has 2 aromatic rings. The monoisotopic (exact) mass is 289 g/mol. The summed E-state index contributed by atoms with van der Waals surface area (Å²) in [6, 6.07) is 0. The van der Waals surface area contributed by atoms with Crippen LogP contribution in [0.5, 0.6) is 0 Å². The molecule has 0 aliphatic rings. The standard InChI is InChI=1S/C13H15N5OS/c1-9-11(20-8-18-9)4-5-15-12(19)3-2-10-6-16-13(14)17-7-10/h2-3,6-8H,4-5H2,1H3,(H,15,19)(H2,14,16,17). The molecule has 0 bridgehead atoms. The van der Waals surface area contributed by atoms with Crippen molar-refractivity contribution in [2.75, 3.05) is 12.3 Å². The van der Waals surface area contributed by atoms with Crippen LogP contribution in [0.3, 0.4) is 0 Å². The maximum absolute atomic E-state index is 11.6. The Morgan fingerprint density at radius 2 is 2.15 bits per heavy atom. The van der Waals surface area contributed by atoms with Gasteiger partial charge in [-0.25, -0.2) is 15.0 Å². The number of nitrogens with one attached hydrogen (secondary N) is 1. The molecule has 2 rings (SSSR count). The quantitative estimate of drug-likeness (QED) is 0.807. The van der Waals surface area contributed by atoms with Crippen molar-refractivity contribution < 1.29 is 4.79 Å². The Balaban J connectivity index is 1.78. The van der Waals surface area contributed by atoms with E-state index in [0.717, 1.165) is 17.7 Å². The average molecular weight is 289 g/mol. The number of carbonyl (C=O) groups is 1. The predicted molar refractivity (Wildman–Crippen MR) is 79.0 cm³/mol. The highest BCUT2D eigenvalue weighted by molar-refractivity contribution is 7.09. The fourth-order valence-corrected chi connectivity index (χ4v) is 2.31. The second-order valence-electron chi connectivity index (χ2n) is 4.11. The molecule has 0 aliphatic heterocycles. The van der Waals surface area contributed by atoms with Crippen LogP contribution in [0.4, 0.5) is 5.95 Å². The number of thiazole rings is 1. The Morgan fingerprint density at radius 3 is 2.80 bits per heavy atom. The Bertz CT molecular complexity index is 605. The van der Waals surface area contributed by atoms with Gasteiger partial charge in [0, 0.05) is 41.9 Å². The van der Waals surface area contributed by atoms with Crippen molar-refractivity contribution in [1.29, 1.82) is 0 Å². The topological polar surface area (TPSA) is 93.8 Å². The largest absolute Gasteiger partial charge is 0.368 e. The molecule has 0 radical (unpaired) electrons. The zero-order valence-electron chi connectivity index (χ0n) is 11.0. The second kappa shape index (κ2) is 6.76. The fraction of sp³-hybridized carbons (Fsp3) is 0.231. The molecule has 0 aromatic carbocycles. The molecule has 2 aromatic heterocycles. The summed E-state index contributed by atoms with van der Waals surface area (Å²) in [5.74, 6) is 0.0653. The van der Waals surface area contributed by atoms with E-state index in [2.05, 4.69) is 20.3 Å². The van der Waals surface area contributed by atoms with E-state index in [1.54, 1.807) is 29.8 Å². The predicted octanol–water partition coefficient (Wildman–Crippen LogP) is 1.20. The minimum atomic E-state index is -0.149. The summed E-state index contributed by atoms with van der Waals surface area (Å²) in [6.45, 7) is 2.55. The number of hydrogen-bond donors (Lipinski definition) is 2. The lowest BCUT2D eigenvalue weighted by Crippen LogP contribution is -2.23. The van der Waals surface area contributed by atoms with Crippen molar-refractivity contribution >= 4 is 29.3 Å². The molecule has 0 unspecified atom stereocenters. The van der Waals surface area contributed by atoms with Crippen LogP contribution in [0, 0.1) is 6.92 Å². The van der Waals surface area contributed by atoms with Gasteiger partial charge in [0.25, 0.3) is 0 Å². The van der Waals surface area contributed by atoms with Crippen molar-refractivity contribution in [3.8, 4) is 0 Å². The van der Waals surface area contributed by atoms with Gasteiger partial charge >= 0.3 is 0 Å². The van der Waals surface area contributed by atoms with Gasteiger partial charge in [-0.3, -0.25) is 4.79 Å². The maximum atomic E-state index is 11.6. The molecule has 2 heterocycles. The van der Waals surface area contributed by atoms with E-state index in [0.29, 0.717) is 6.54 Å². The SMILES string of the molecule is Cc1ncsc1CCNC(=O)C=Cc1cnc(N)nc1.